The average Bonchev–Trinajstić information content (AvgIpc) is 3.01. The third kappa shape index (κ3) is 7.15. The third-order valence-corrected chi connectivity index (χ3v) is 4.48. The summed E-state index contributed by atoms with van der Waals surface area (Å²) >= 11 is 0. The fourth-order valence-electron chi connectivity index (χ4n) is 3.11. The lowest BCUT2D eigenvalue weighted by atomic mass is 9.95. The van der Waals surface area contributed by atoms with Gasteiger partial charge in [-0.05, 0) is 51.8 Å². The molecule has 2 rings (SSSR count). The highest BCUT2D eigenvalue weighted by Crippen LogP contribution is 2.30. The Morgan fingerprint density at radius 3 is 2.32 bits per heavy atom. The number of hydrogen-bond acceptors (Lipinski definition) is 6. The summed E-state index contributed by atoms with van der Waals surface area (Å²) in [5, 5.41) is 2.61. The van der Waals surface area contributed by atoms with Crippen molar-refractivity contribution in [2.75, 3.05) is 6.61 Å². The highest BCUT2D eigenvalue weighted by Gasteiger charge is 2.44. The van der Waals surface area contributed by atoms with Crippen LogP contribution in [0.4, 0.5) is 18.0 Å². The SMILES string of the molecule is CCOC(=O)[C@@H]1C[C@H]([C@@H](Cc2ccc(C(F)(F)F)cc2)NC(=O)OC(C)(C)C)OC1=O. The van der Waals surface area contributed by atoms with Gasteiger partial charge in [-0.2, -0.15) is 13.2 Å². The molecule has 1 fully saturated rings. The molecule has 0 saturated carbocycles. The predicted octanol–water partition coefficient (Wildman–Crippen LogP) is 3.64. The van der Waals surface area contributed by atoms with E-state index in [0.29, 0.717) is 5.56 Å². The molecule has 172 valence electrons. The van der Waals surface area contributed by atoms with Crippen LogP contribution in [0, 0.1) is 5.92 Å². The molecule has 1 aromatic carbocycles. The number of benzene rings is 1. The molecule has 1 aromatic rings. The van der Waals surface area contributed by atoms with E-state index >= 15 is 0 Å². The van der Waals surface area contributed by atoms with Gasteiger partial charge in [0.15, 0.2) is 5.92 Å². The van der Waals surface area contributed by atoms with Crippen molar-refractivity contribution in [3.8, 4) is 0 Å². The number of alkyl halides is 3. The molecule has 1 aliphatic rings. The van der Waals surface area contributed by atoms with Gasteiger partial charge in [-0.1, -0.05) is 12.1 Å². The molecule has 1 saturated heterocycles. The number of hydrogen-bond donors (Lipinski definition) is 1. The maximum atomic E-state index is 12.8. The molecule has 0 spiro atoms. The number of ether oxygens (including phenoxy) is 3. The second kappa shape index (κ2) is 9.57. The summed E-state index contributed by atoms with van der Waals surface area (Å²) in [6.07, 6.45) is -6.10. The molecule has 1 heterocycles. The van der Waals surface area contributed by atoms with Crippen LogP contribution < -0.4 is 5.32 Å². The molecule has 0 aliphatic carbocycles. The fourth-order valence-corrected chi connectivity index (χ4v) is 3.11. The van der Waals surface area contributed by atoms with E-state index < -0.39 is 53.4 Å². The zero-order valence-electron chi connectivity index (χ0n) is 17.7. The van der Waals surface area contributed by atoms with Gasteiger partial charge >= 0.3 is 24.2 Å². The Morgan fingerprint density at radius 1 is 1.19 bits per heavy atom. The highest BCUT2D eigenvalue weighted by atomic mass is 19.4. The summed E-state index contributed by atoms with van der Waals surface area (Å²) in [6, 6.07) is 3.61. The summed E-state index contributed by atoms with van der Waals surface area (Å²) < 4.78 is 53.8. The minimum absolute atomic E-state index is 0.0290. The van der Waals surface area contributed by atoms with Crippen LogP contribution in [0.15, 0.2) is 24.3 Å². The topological polar surface area (TPSA) is 90.9 Å². The first kappa shape index (κ1) is 24.5. The summed E-state index contributed by atoms with van der Waals surface area (Å²) in [5.74, 6) is -2.62. The van der Waals surface area contributed by atoms with Crippen molar-refractivity contribution in [1.82, 2.24) is 5.32 Å². The molecule has 10 heteroatoms. The van der Waals surface area contributed by atoms with Gasteiger partial charge in [0.1, 0.15) is 11.7 Å². The van der Waals surface area contributed by atoms with E-state index in [1.165, 1.54) is 12.1 Å². The molecule has 31 heavy (non-hydrogen) atoms. The molecule has 3 atom stereocenters. The second-order valence-electron chi connectivity index (χ2n) is 8.17. The number of esters is 2. The van der Waals surface area contributed by atoms with Crippen LogP contribution >= 0.6 is 0 Å². The number of rotatable bonds is 6. The number of halogens is 3. The Labute approximate surface area is 178 Å². The first-order chi connectivity index (χ1) is 14.3. The van der Waals surface area contributed by atoms with Crippen molar-refractivity contribution in [3.05, 3.63) is 35.4 Å². The molecule has 7 nitrogen and oxygen atoms in total. The van der Waals surface area contributed by atoms with Gasteiger partial charge < -0.3 is 19.5 Å². The molecular formula is C21H26F3NO6. The average molecular weight is 445 g/mol. The van der Waals surface area contributed by atoms with E-state index in [2.05, 4.69) is 5.32 Å². The summed E-state index contributed by atoms with van der Waals surface area (Å²) in [7, 11) is 0. The van der Waals surface area contributed by atoms with Crippen LogP contribution in [0.1, 0.15) is 45.2 Å². The van der Waals surface area contributed by atoms with Crippen molar-refractivity contribution in [2.24, 2.45) is 5.92 Å². The van der Waals surface area contributed by atoms with Crippen molar-refractivity contribution in [2.45, 2.75) is 64.5 Å². The van der Waals surface area contributed by atoms with E-state index in [0.717, 1.165) is 12.1 Å². The van der Waals surface area contributed by atoms with E-state index in [9.17, 15) is 27.6 Å². The van der Waals surface area contributed by atoms with Crippen LogP contribution in [-0.4, -0.2) is 42.4 Å². The molecule has 1 N–H and O–H groups in total. The number of alkyl carbamates (subject to hydrolysis) is 1. The lowest BCUT2D eigenvalue weighted by Gasteiger charge is -2.26. The maximum absolute atomic E-state index is 12.8. The standard InChI is InChI=1S/C21H26F3NO6/c1-5-29-17(26)14-11-16(30-18(14)27)15(25-19(28)31-20(2,3)4)10-12-6-8-13(9-7-12)21(22,23)24/h6-9,14-16H,5,10-11H2,1-4H3,(H,25,28)/t14-,15+,16+/m0/s1. The molecule has 0 aromatic heterocycles. The van der Waals surface area contributed by atoms with Gasteiger partial charge in [0.05, 0.1) is 18.2 Å². The van der Waals surface area contributed by atoms with Crippen LogP contribution in [0.3, 0.4) is 0 Å². The van der Waals surface area contributed by atoms with Gasteiger partial charge in [-0.25, -0.2) is 4.79 Å². The van der Waals surface area contributed by atoms with Gasteiger partial charge in [0, 0.05) is 6.42 Å². The number of carbonyl (C=O) groups is 3. The third-order valence-electron chi connectivity index (χ3n) is 4.48. The van der Waals surface area contributed by atoms with Crippen molar-refractivity contribution in [1.29, 1.82) is 0 Å². The molecular weight excluding hydrogens is 419 g/mol. The van der Waals surface area contributed by atoms with Gasteiger partial charge in [0.2, 0.25) is 0 Å². The Kier molecular flexibility index (Phi) is 7.56. The molecule has 1 amide bonds. The monoisotopic (exact) mass is 445 g/mol. The van der Waals surface area contributed by atoms with Crippen molar-refractivity contribution >= 4 is 18.0 Å². The first-order valence-corrected chi connectivity index (χ1v) is 9.83. The van der Waals surface area contributed by atoms with Gasteiger partial charge in [-0.3, -0.25) is 9.59 Å². The number of cyclic esters (lactones) is 1. The Morgan fingerprint density at radius 2 is 1.81 bits per heavy atom. The summed E-state index contributed by atoms with van der Waals surface area (Å²) in [4.78, 5) is 36.4. The predicted molar refractivity (Wildman–Crippen MR) is 103 cm³/mol. The fraction of sp³-hybridized carbons (Fsp3) is 0.571. The van der Waals surface area contributed by atoms with Crippen LogP contribution in [0.2, 0.25) is 0 Å². The van der Waals surface area contributed by atoms with Gasteiger partial charge in [0.25, 0.3) is 0 Å². The molecule has 0 unspecified atom stereocenters. The van der Waals surface area contributed by atoms with Crippen LogP contribution in [0.5, 0.6) is 0 Å². The minimum atomic E-state index is -4.47. The molecule has 0 radical (unpaired) electrons. The minimum Gasteiger partial charge on any atom is -0.465 e. The number of nitrogens with one attached hydrogen (secondary N) is 1. The Balaban J connectivity index is 2.20. The van der Waals surface area contributed by atoms with Crippen LogP contribution in [-0.2, 0) is 36.4 Å². The lowest BCUT2D eigenvalue weighted by Crippen LogP contribution is -2.46. The summed E-state index contributed by atoms with van der Waals surface area (Å²) in [5.41, 5.74) is -1.12. The summed E-state index contributed by atoms with van der Waals surface area (Å²) in [6.45, 7) is 6.71. The molecule has 1 aliphatic heterocycles. The highest BCUT2D eigenvalue weighted by molar-refractivity contribution is 5.96. The van der Waals surface area contributed by atoms with E-state index in [-0.39, 0.29) is 19.4 Å². The zero-order valence-corrected chi connectivity index (χ0v) is 17.7. The number of amides is 1. The maximum Gasteiger partial charge on any atom is 0.416 e. The van der Waals surface area contributed by atoms with E-state index in [1.54, 1.807) is 27.7 Å². The largest absolute Gasteiger partial charge is 0.465 e. The Bertz CT molecular complexity index is 801. The van der Waals surface area contributed by atoms with Gasteiger partial charge in [-0.15, -0.1) is 0 Å². The smallest absolute Gasteiger partial charge is 0.416 e. The van der Waals surface area contributed by atoms with E-state index in [1.807, 2.05) is 0 Å². The van der Waals surface area contributed by atoms with E-state index in [4.69, 9.17) is 14.2 Å². The lowest BCUT2D eigenvalue weighted by molar-refractivity contribution is -0.156. The van der Waals surface area contributed by atoms with Crippen molar-refractivity contribution in [3.63, 3.8) is 0 Å². The van der Waals surface area contributed by atoms with Crippen molar-refractivity contribution < 1.29 is 41.8 Å². The number of carbonyl (C=O) groups excluding carboxylic acids is 3. The first-order valence-electron chi connectivity index (χ1n) is 9.83. The quantitative estimate of drug-likeness (QED) is 0.409. The zero-order chi connectivity index (χ0) is 23.4. The normalized spacial score (nSPS) is 20.0. The Hall–Kier alpha value is -2.78. The van der Waals surface area contributed by atoms with Crippen LogP contribution in [0.25, 0.3) is 0 Å². The second-order valence-corrected chi connectivity index (χ2v) is 8.17. The molecule has 0 bridgehead atoms.